The standard InChI is InChI=1S/C19H21FN2O4S/c1-26-17-8-10-18(11-9-17)27(24,25)22-12-2-3-14(13-22)19(23)21-16-6-4-15(20)5-7-16/h4-11,14H,2-3,12-13H2,1H3,(H,21,23)/t14-/m0/s1. The van der Waals surface area contributed by atoms with Gasteiger partial charge in [0.15, 0.2) is 0 Å². The second-order valence-electron chi connectivity index (χ2n) is 6.37. The maximum absolute atomic E-state index is 13.0. The predicted octanol–water partition coefficient (Wildman–Crippen LogP) is 2.87. The Balaban J connectivity index is 1.70. The lowest BCUT2D eigenvalue weighted by molar-refractivity contribution is -0.120. The van der Waals surface area contributed by atoms with Crippen molar-refractivity contribution in [1.29, 1.82) is 0 Å². The first-order valence-electron chi connectivity index (χ1n) is 8.61. The number of carbonyl (C=O) groups excluding carboxylic acids is 1. The Bertz CT molecular complexity index is 898. The molecule has 8 heteroatoms. The van der Waals surface area contributed by atoms with Crippen molar-refractivity contribution in [1.82, 2.24) is 4.31 Å². The number of carbonyl (C=O) groups is 1. The first-order chi connectivity index (χ1) is 12.9. The van der Waals surface area contributed by atoms with E-state index >= 15 is 0 Å². The van der Waals surface area contributed by atoms with Gasteiger partial charge in [-0.15, -0.1) is 0 Å². The third-order valence-electron chi connectivity index (χ3n) is 4.56. The SMILES string of the molecule is COc1ccc(S(=O)(=O)N2CCC[C@H](C(=O)Nc3ccc(F)cc3)C2)cc1. The van der Waals surface area contributed by atoms with Gasteiger partial charge in [-0.1, -0.05) is 0 Å². The van der Waals surface area contributed by atoms with Gasteiger partial charge in [0.25, 0.3) is 0 Å². The number of hydrogen-bond acceptors (Lipinski definition) is 4. The van der Waals surface area contributed by atoms with E-state index in [9.17, 15) is 17.6 Å². The van der Waals surface area contributed by atoms with Gasteiger partial charge in [0, 0.05) is 18.8 Å². The number of benzene rings is 2. The number of hydrogen-bond donors (Lipinski definition) is 1. The van der Waals surface area contributed by atoms with Gasteiger partial charge in [0.05, 0.1) is 17.9 Å². The zero-order valence-corrected chi connectivity index (χ0v) is 15.7. The molecule has 3 rings (SSSR count). The average molecular weight is 392 g/mol. The van der Waals surface area contributed by atoms with Crippen LogP contribution in [0.2, 0.25) is 0 Å². The molecule has 1 fully saturated rings. The van der Waals surface area contributed by atoms with Crippen molar-refractivity contribution in [3.05, 3.63) is 54.3 Å². The molecule has 0 spiro atoms. The van der Waals surface area contributed by atoms with E-state index in [0.29, 0.717) is 30.8 Å². The molecule has 1 heterocycles. The average Bonchev–Trinajstić information content (AvgIpc) is 2.70. The zero-order valence-electron chi connectivity index (χ0n) is 14.9. The van der Waals surface area contributed by atoms with Gasteiger partial charge in [-0.25, -0.2) is 12.8 Å². The van der Waals surface area contributed by atoms with Crippen molar-refractivity contribution in [3.8, 4) is 5.75 Å². The Labute approximate surface area is 158 Å². The van der Waals surface area contributed by atoms with Gasteiger partial charge < -0.3 is 10.1 Å². The summed E-state index contributed by atoms with van der Waals surface area (Å²) in [5.74, 6) is -0.542. The fourth-order valence-electron chi connectivity index (χ4n) is 3.05. The fraction of sp³-hybridized carbons (Fsp3) is 0.316. The zero-order chi connectivity index (χ0) is 19.4. The molecular weight excluding hydrogens is 371 g/mol. The number of piperidine rings is 1. The van der Waals surface area contributed by atoms with E-state index in [2.05, 4.69) is 5.32 Å². The Kier molecular flexibility index (Phi) is 5.76. The van der Waals surface area contributed by atoms with Crippen molar-refractivity contribution in [3.63, 3.8) is 0 Å². The van der Waals surface area contributed by atoms with Crippen LogP contribution in [0.4, 0.5) is 10.1 Å². The first kappa shape index (κ1) is 19.3. The summed E-state index contributed by atoms with van der Waals surface area (Å²) < 4.78 is 45.1. The van der Waals surface area contributed by atoms with Gasteiger partial charge in [-0.05, 0) is 61.4 Å². The summed E-state index contributed by atoms with van der Waals surface area (Å²) in [5.41, 5.74) is 0.483. The number of nitrogens with one attached hydrogen (secondary N) is 1. The lowest BCUT2D eigenvalue weighted by atomic mass is 9.99. The smallest absolute Gasteiger partial charge is 0.243 e. The van der Waals surface area contributed by atoms with Crippen molar-refractivity contribution >= 4 is 21.6 Å². The minimum Gasteiger partial charge on any atom is -0.497 e. The number of rotatable bonds is 5. The monoisotopic (exact) mass is 392 g/mol. The topological polar surface area (TPSA) is 75.7 Å². The molecule has 2 aromatic carbocycles. The molecular formula is C19H21FN2O4S. The van der Waals surface area contributed by atoms with Crippen LogP contribution in [0, 0.1) is 11.7 Å². The molecule has 144 valence electrons. The minimum absolute atomic E-state index is 0.112. The van der Waals surface area contributed by atoms with Gasteiger partial charge in [-0.2, -0.15) is 4.31 Å². The number of sulfonamides is 1. The maximum Gasteiger partial charge on any atom is 0.243 e. The minimum atomic E-state index is -3.68. The van der Waals surface area contributed by atoms with Crippen molar-refractivity contribution < 1.29 is 22.3 Å². The van der Waals surface area contributed by atoms with Crippen LogP contribution in [-0.4, -0.2) is 38.8 Å². The molecule has 1 amide bonds. The normalized spacial score (nSPS) is 18.1. The van der Waals surface area contributed by atoms with Gasteiger partial charge in [-0.3, -0.25) is 4.79 Å². The third kappa shape index (κ3) is 4.45. The van der Waals surface area contributed by atoms with E-state index in [1.54, 1.807) is 12.1 Å². The predicted molar refractivity (Wildman–Crippen MR) is 99.5 cm³/mol. The lowest BCUT2D eigenvalue weighted by Gasteiger charge is -2.31. The molecule has 0 saturated carbocycles. The number of anilines is 1. The summed E-state index contributed by atoms with van der Waals surface area (Å²) >= 11 is 0. The van der Waals surface area contributed by atoms with Crippen LogP contribution >= 0.6 is 0 Å². The number of nitrogens with zero attached hydrogens (tertiary/aromatic N) is 1. The molecule has 1 aliphatic heterocycles. The molecule has 0 aromatic heterocycles. The molecule has 1 aliphatic rings. The molecule has 1 N–H and O–H groups in total. The molecule has 0 unspecified atom stereocenters. The van der Waals surface area contributed by atoms with E-state index in [1.807, 2.05) is 0 Å². The highest BCUT2D eigenvalue weighted by Gasteiger charge is 2.33. The highest BCUT2D eigenvalue weighted by atomic mass is 32.2. The number of halogens is 1. The van der Waals surface area contributed by atoms with Crippen LogP contribution in [0.15, 0.2) is 53.4 Å². The van der Waals surface area contributed by atoms with Gasteiger partial charge in [0.1, 0.15) is 11.6 Å². The summed E-state index contributed by atoms with van der Waals surface area (Å²) in [6.45, 7) is 0.482. The summed E-state index contributed by atoms with van der Waals surface area (Å²) in [5, 5.41) is 2.72. The van der Waals surface area contributed by atoms with Gasteiger partial charge in [0.2, 0.25) is 15.9 Å². The molecule has 0 bridgehead atoms. The largest absolute Gasteiger partial charge is 0.497 e. The van der Waals surface area contributed by atoms with Gasteiger partial charge >= 0.3 is 0 Å². The summed E-state index contributed by atoms with van der Waals surface area (Å²) in [6.07, 6.45) is 1.19. The van der Waals surface area contributed by atoms with Crippen LogP contribution in [0.25, 0.3) is 0 Å². The van der Waals surface area contributed by atoms with E-state index < -0.39 is 15.9 Å². The number of methoxy groups -OCH3 is 1. The second kappa shape index (κ2) is 8.06. The van der Waals surface area contributed by atoms with Crippen LogP contribution in [-0.2, 0) is 14.8 Å². The summed E-state index contributed by atoms with van der Waals surface area (Å²) in [4.78, 5) is 12.7. The molecule has 0 radical (unpaired) electrons. The quantitative estimate of drug-likeness (QED) is 0.849. The number of amides is 1. The first-order valence-corrected chi connectivity index (χ1v) is 10.0. The molecule has 0 aliphatic carbocycles. The second-order valence-corrected chi connectivity index (χ2v) is 8.31. The Morgan fingerprint density at radius 1 is 1.15 bits per heavy atom. The van der Waals surface area contributed by atoms with Crippen LogP contribution in [0.3, 0.4) is 0 Å². The Morgan fingerprint density at radius 2 is 1.81 bits per heavy atom. The molecule has 27 heavy (non-hydrogen) atoms. The molecule has 6 nitrogen and oxygen atoms in total. The van der Waals surface area contributed by atoms with Crippen molar-refractivity contribution in [2.45, 2.75) is 17.7 Å². The van der Waals surface area contributed by atoms with Crippen LogP contribution in [0.1, 0.15) is 12.8 Å². The number of ether oxygens (including phenoxy) is 1. The highest BCUT2D eigenvalue weighted by Crippen LogP contribution is 2.26. The highest BCUT2D eigenvalue weighted by molar-refractivity contribution is 7.89. The van der Waals surface area contributed by atoms with E-state index in [-0.39, 0.29) is 23.2 Å². The maximum atomic E-state index is 13.0. The van der Waals surface area contributed by atoms with E-state index in [4.69, 9.17) is 4.74 Å². The van der Waals surface area contributed by atoms with Crippen molar-refractivity contribution in [2.24, 2.45) is 5.92 Å². The summed E-state index contributed by atoms with van der Waals surface area (Å²) in [6, 6.07) is 11.6. The lowest BCUT2D eigenvalue weighted by Crippen LogP contribution is -2.43. The van der Waals surface area contributed by atoms with E-state index in [0.717, 1.165) is 0 Å². The van der Waals surface area contributed by atoms with Crippen LogP contribution < -0.4 is 10.1 Å². The van der Waals surface area contributed by atoms with E-state index in [1.165, 1.54) is 47.8 Å². The Morgan fingerprint density at radius 3 is 2.44 bits per heavy atom. The van der Waals surface area contributed by atoms with Crippen molar-refractivity contribution in [2.75, 3.05) is 25.5 Å². The molecule has 2 aromatic rings. The Hall–Kier alpha value is -2.45. The fourth-order valence-corrected chi connectivity index (χ4v) is 4.57. The third-order valence-corrected chi connectivity index (χ3v) is 6.44. The van der Waals surface area contributed by atoms with Crippen LogP contribution in [0.5, 0.6) is 5.75 Å². The molecule has 1 atom stereocenters. The summed E-state index contributed by atoms with van der Waals surface area (Å²) in [7, 11) is -2.17. The molecule has 1 saturated heterocycles.